The van der Waals surface area contributed by atoms with Gasteiger partial charge in [-0.25, -0.2) is 4.39 Å². The molecule has 1 aromatic rings. The highest BCUT2D eigenvalue weighted by Gasteiger charge is 2.06. The first-order valence-electron chi connectivity index (χ1n) is 4.70. The van der Waals surface area contributed by atoms with Crippen LogP contribution in [0.4, 0.5) is 4.39 Å². The summed E-state index contributed by atoms with van der Waals surface area (Å²) in [6, 6.07) is 5.02. The second kappa shape index (κ2) is 4.96. The minimum Gasteiger partial charge on any atom is -0.494 e. The first kappa shape index (κ1) is 11.0. The summed E-state index contributed by atoms with van der Waals surface area (Å²) in [4.78, 5) is 0. The lowest BCUT2D eigenvalue weighted by Crippen LogP contribution is -2.13. The molecule has 0 aliphatic rings. The number of methoxy groups -OCH3 is 1. The van der Waals surface area contributed by atoms with E-state index in [1.54, 1.807) is 6.07 Å². The third-order valence-electron chi connectivity index (χ3n) is 2.20. The molecule has 78 valence electrons. The summed E-state index contributed by atoms with van der Waals surface area (Å²) in [6.07, 6.45) is 0.803. The van der Waals surface area contributed by atoms with Crippen LogP contribution in [-0.4, -0.2) is 13.7 Å². The molecule has 0 saturated heterocycles. The molecule has 1 aromatic carbocycles. The van der Waals surface area contributed by atoms with Crippen LogP contribution in [-0.2, 0) is 6.42 Å². The van der Waals surface area contributed by atoms with Crippen LogP contribution in [0.2, 0.25) is 0 Å². The number of hydrogen-bond acceptors (Lipinski definition) is 2. The molecule has 0 aromatic heterocycles. The SMILES string of the molecule is COc1ccc(C[C@H](C)CN)cc1F. The molecular weight excluding hydrogens is 181 g/mol. The van der Waals surface area contributed by atoms with Crippen LogP contribution in [0.3, 0.4) is 0 Å². The van der Waals surface area contributed by atoms with E-state index in [4.69, 9.17) is 10.5 Å². The van der Waals surface area contributed by atoms with Gasteiger partial charge >= 0.3 is 0 Å². The van der Waals surface area contributed by atoms with Gasteiger partial charge in [0.2, 0.25) is 0 Å². The Bertz CT molecular complexity index is 301. The van der Waals surface area contributed by atoms with Crippen molar-refractivity contribution >= 4 is 0 Å². The average molecular weight is 197 g/mol. The Balaban J connectivity index is 2.76. The average Bonchev–Trinajstić information content (AvgIpc) is 2.18. The summed E-state index contributed by atoms with van der Waals surface area (Å²) >= 11 is 0. The van der Waals surface area contributed by atoms with Crippen molar-refractivity contribution in [3.63, 3.8) is 0 Å². The Morgan fingerprint density at radius 1 is 1.50 bits per heavy atom. The molecule has 0 fully saturated rings. The number of rotatable bonds is 4. The van der Waals surface area contributed by atoms with Crippen LogP contribution in [0.25, 0.3) is 0 Å². The summed E-state index contributed by atoms with van der Waals surface area (Å²) in [5, 5.41) is 0. The molecule has 14 heavy (non-hydrogen) atoms. The molecule has 0 spiro atoms. The third kappa shape index (κ3) is 2.70. The van der Waals surface area contributed by atoms with Crippen LogP contribution in [0.5, 0.6) is 5.75 Å². The molecule has 1 rings (SSSR count). The van der Waals surface area contributed by atoms with Crippen molar-refractivity contribution in [2.75, 3.05) is 13.7 Å². The molecule has 0 radical (unpaired) electrons. The topological polar surface area (TPSA) is 35.2 Å². The molecule has 2 N–H and O–H groups in total. The van der Waals surface area contributed by atoms with Gasteiger partial charge in [-0.2, -0.15) is 0 Å². The van der Waals surface area contributed by atoms with E-state index >= 15 is 0 Å². The van der Waals surface area contributed by atoms with Crippen molar-refractivity contribution in [3.05, 3.63) is 29.6 Å². The summed E-state index contributed by atoms with van der Waals surface area (Å²) < 4.78 is 18.1. The molecule has 1 atom stereocenters. The maximum Gasteiger partial charge on any atom is 0.165 e. The largest absolute Gasteiger partial charge is 0.494 e. The summed E-state index contributed by atoms with van der Waals surface area (Å²) in [7, 11) is 1.46. The maximum atomic E-state index is 13.2. The van der Waals surface area contributed by atoms with E-state index in [1.165, 1.54) is 13.2 Å². The fraction of sp³-hybridized carbons (Fsp3) is 0.455. The molecule has 3 heteroatoms. The van der Waals surface area contributed by atoms with Crippen molar-refractivity contribution < 1.29 is 9.13 Å². The zero-order valence-corrected chi connectivity index (χ0v) is 8.59. The molecule has 0 aliphatic carbocycles. The summed E-state index contributed by atoms with van der Waals surface area (Å²) in [6.45, 7) is 2.66. The molecule has 2 nitrogen and oxygen atoms in total. The molecule has 0 amide bonds. The number of benzene rings is 1. The van der Waals surface area contributed by atoms with Crippen LogP contribution >= 0.6 is 0 Å². The van der Waals surface area contributed by atoms with Gasteiger partial charge in [0.1, 0.15) is 0 Å². The monoisotopic (exact) mass is 197 g/mol. The van der Waals surface area contributed by atoms with E-state index in [1.807, 2.05) is 13.0 Å². The predicted molar refractivity (Wildman–Crippen MR) is 54.9 cm³/mol. The lowest BCUT2D eigenvalue weighted by atomic mass is 10.0. The standard InChI is InChI=1S/C11H16FNO/c1-8(7-13)5-9-3-4-11(14-2)10(12)6-9/h3-4,6,8H,5,7,13H2,1-2H3/t8-/m0/s1. The third-order valence-corrected chi connectivity index (χ3v) is 2.20. The maximum absolute atomic E-state index is 13.2. The normalized spacial score (nSPS) is 12.6. The van der Waals surface area contributed by atoms with Gasteiger partial charge in [-0.05, 0) is 36.6 Å². The lowest BCUT2D eigenvalue weighted by Gasteiger charge is -2.09. The Hall–Kier alpha value is -1.09. The van der Waals surface area contributed by atoms with Gasteiger partial charge in [-0.15, -0.1) is 0 Å². The van der Waals surface area contributed by atoms with E-state index in [-0.39, 0.29) is 11.6 Å². The van der Waals surface area contributed by atoms with Crippen molar-refractivity contribution in [1.29, 1.82) is 0 Å². The quantitative estimate of drug-likeness (QED) is 0.801. The molecule has 0 aliphatic heterocycles. The van der Waals surface area contributed by atoms with Gasteiger partial charge in [-0.3, -0.25) is 0 Å². The minimum atomic E-state index is -0.311. The van der Waals surface area contributed by atoms with Crippen LogP contribution in [0, 0.1) is 11.7 Å². The van der Waals surface area contributed by atoms with Gasteiger partial charge in [0.15, 0.2) is 11.6 Å². The summed E-state index contributed by atoms with van der Waals surface area (Å²) in [5.41, 5.74) is 6.46. The Morgan fingerprint density at radius 2 is 2.21 bits per heavy atom. The molecule has 0 saturated carbocycles. The predicted octanol–water partition coefficient (Wildman–Crippen LogP) is 1.97. The van der Waals surface area contributed by atoms with E-state index < -0.39 is 0 Å². The van der Waals surface area contributed by atoms with Gasteiger partial charge in [0, 0.05) is 0 Å². The van der Waals surface area contributed by atoms with Gasteiger partial charge < -0.3 is 10.5 Å². The molecule has 0 heterocycles. The minimum absolute atomic E-state index is 0.286. The number of ether oxygens (including phenoxy) is 1. The van der Waals surface area contributed by atoms with Gasteiger partial charge in [0.25, 0.3) is 0 Å². The fourth-order valence-corrected chi connectivity index (χ4v) is 1.32. The van der Waals surface area contributed by atoms with Crippen molar-refractivity contribution in [3.8, 4) is 5.75 Å². The smallest absolute Gasteiger partial charge is 0.165 e. The van der Waals surface area contributed by atoms with E-state index in [0.29, 0.717) is 12.5 Å². The number of nitrogens with two attached hydrogens (primary N) is 1. The zero-order valence-electron chi connectivity index (χ0n) is 8.59. The molecule has 0 bridgehead atoms. The first-order chi connectivity index (χ1) is 6.67. The van der Waals surface area contributed by atoms with Crippen molar-refractivity contribution in [2.24, 2.45) is 11.7 Å². The fourth-order valence-electron chi connectivity index (χ4n) is 1.32. The Labute approximate surface area is 83.9 Å². The molecule has 0 unspecified atom stereocenters. The lowest BCUT2D eigenvalue weighted by molar-refractivity contribution is 0.386. The highest BCUT2D eigenvalue weighted by molar-refractivity contribution is 5.29. The van der Waals surface area contributed by atoms with E-state index in [9.17, 15) is 4.39 Å². The van der Waals surface area contributed by atoms with Crippen LogP contribution < -0.4 is 10.5 Å². The van der Waals surface area contributed by atoms with Crippen molar-refractivity contribution in [1.82, 2.24) is 0 Å². The van der Waals surface area contributed by atoms with Gasteiger partial charge in [-0.1, -0.05) is 13.0 Å². The van der Waals surface area contributed by atoms with Crippen LogP contribution in [0.1, 0.15) is 12.5 Å². The van der Waals surface area contributed by atoms with E-state index in [2.05, 4.69) is 0 Å². The van der Waals surface area contributed by atoms with Crippen molar-refractivity contribution in [2.45, 2.75) is 13.3 Å². The van der Waals surface area contributed by atoms with E-state index in [0.717, 1.165) is 12.0 Å². The molecular formula is C11H16FNO. The highest BCUT2D eigenvalue weighted by atomic mass is 19.1. The first-order valence-corrected chi connectivity index (χ1v) is 4.70. The van der Waals surface area contributed by atoms with Crippen LogP contribution in [0.15, 0.2) is 18.2 Å². The highest BCUT2D eigenvalue weighted by Crippen LogP contribution is 2.19. The number of hydrogen-bond donors (Lipinski definition) is 1. The number of halogens is 1. The summed E-state index contributed by atoms with van der Waals surface area (Å²) in [5.74, 6) is 0.353. The Morgan fingerprint density at radius 3 is 2.71 bits per heavy atom. The second-order valence-corrected chi connectivity index (χ2v) is 3.51. The Kier molecular flexibility index (Phi) is 3.89. The van der Waals surface area contributed by atoms with Gasteiger partial charge in [0.05, 0.1) is 7.11 Å². The second-order valence-electron chi connectivity index (χ2n) is 3.51. The zero-order chi connectivity index (χ0) is 10.6.